The molecule has 0 aliphatic carbocycles. The third-order valence-corrected chi connectivity index (χ3v) is 3.57. The first-order chi connectivity index (χ1) is 7.61. The minimum absolute atomic E-state index is 0.362. The van der Waals surface area contributed by atoms with Crippen molar-refractivity contribution in [2.24, 2.45) is 5.92 Å². The number of nitrogens with zero attached hydrogens (tertiary/aromatic N) is 3. The molecule has 0 spiro atoms. The summed E-state index contributed by atoms with van der Waals surface area (Å²) in [6.45, 7) is 0.724. The molecule has 1 aliphatic heterocycles. The zero-order valence-corrected chi connectivity index (χ0v) is 10.9. The van der Waals surface area contributed by atoms with Crippen LogP contribution in [0.25, 0.3) is 0 Å². The number of alkyl halides is 2. The van der Waals surface area contributed by atoms with Gasteiger partial charge in [0.1, 0.15) is 5.82 Å². The van der Waals surface area contributed by atoms with Gasteiger partial charge in [-0.05, 0) is 22.2 Å². The van der Waals surface area contributed by atoms with Crippen molar-refractivity contribution in [3.63, 3.8) is 0 Å². The molecule has 2 heterocycles. The van der Waals surface area contributed by atoms with E-state index in [2.05, 4.69) is 25.9 Å². The van der Waals surface area contributed by atoms with Gasteiger partial charge in [-0.25, -0.2) is 18.7 Å². The lowest BCUT2D eigenvalue weighted by Crippen LogP contribution is -2.50. The lowest BCUT2D eigenvalue weighted by molar-refractivity contribution is 0.0610. The molecule has 3 nitrogen and oxygen atoms in total. The minimum Gasteiger partial charge on any atom is -0.354 e. The molecule has 0 unspecified atom stereocenters. The highest BCUT2D eigenvalue weighted by atomic mass is 79.9. The zero-order chi connectivity index (χ0) is 11.7. The Morgan fingerprint density at radius 1 is 1.56 bits per heavy atom. The summed E-state index contributed by atoms with van der Waals surface area (Å²) in [6, 6.07) is 0. The van der Waals surface area contributed by atoms with Gasteiger partial charge in [-0.3, -0.25) is 0 Å². The lowest BCUT2D eigenvalue weighted by atomic mass is 10.0. The van der Waals surface area contributed by atoms with Crippen LogP contribution >= 0.6 is 27.7 Å². The smallest absolute Gasteiger partial charge is 0.244 e. The molecule has 0 amide bonds. The summed E-state index contributed by atoms with van der Waals surface area (Å²) in [4.78, 5) is 10.2. The van der Waals surface area contributed by atoms with Gasteiger partial charge < -0.3 is 4.90 Å². The van der Waals surface area contributed by atoms with Crippen LogP contribution in [0.1, 0.15) is 0 Å². The van der Waals surface area contributed by atoms with Crippen molar-refractivity contribution in [3.8, 4) is 0 Å². The largest absolute Gasteiger partial charge is 0.354 e. The molecule has 1 aromatic rings. The van der Waals surface area contributed by atoms with Crippen LogP contribution in [-0.2, 0) is 0 Å². The highest BCUT2D eigenvalue weighted by molar-refractivity contribution is 9.10. The van der Waals surface area contributed by atoms with Gasteiger partial charge in [0.05, 0.1) is 10.4 Å². The van der Waals surface area contributed by atoms with Gasteiger partial charge in [0.15, 0.2) is 5.16 Å². The second kappa shape index (κ2) is 4.83. The van der Waals surface area contributed by atoms with Crippen molar-refractivity contribution in [1.29, 1.82) is 0 Å². The number of rotatable bonds is 3. The zero-order valence-electron chi connectivity index (χ0n) is 8.53. The van der Waals surface area contributed by atoms with Crippen molar-refractivity contribution in [2.45, 2.75) is 11.6 Å². The first-order valence-electron chi connectivity index (χ1n) is 4.71. The van der Waals surface area contributed by atoms with E-state index < -0.39 is 12.3 Å². The Balaban J connectivity index is 2.10. The molecule has 0 bridgehead atoms. The Hall–Kier alpha value is -0.430. The molecule has 1 saturated heterocycles. The van der Waals surface area contributed by atoms with Crippen LogP contribution in [0.2, 0.25) is 0 Å². The van der Waals surface area contributed by atoms with E-state index in [9.17, 15) is 8.78 Å². The van der Waals surface area contributed by atoms with Crippen LogP contribution in [0, 0.1) is 5.92 Å². The summed E-state index contributed by atoms with van der Waals surface area (Å²) in [6.07, 6.45) is 1.30. The molecule has 1 aliphatic rings. The number of hydrogen-bond donors (Lipinski definition) is 0. The molecular formula is C9H10BrF2N3S. The summed E-state index contributed by atoms with van der Waals surface area (Å²) in [5.41, 5.74) is 0. The first-order valence-corrected chi connectivity index (χ1v) is 6.73. The van der Waals surface area contributed by atoms with Crippen LogP contribution in [0.3, 0.4) is 0 Å². The second-order valence-corrected chi connectivity index (χ2v) is 5.16. The van der Waals surface area contributed by atoms with E-state index in [1.54, 1.807) is 6.20 Å². The average molecular weight is 310 g/mol. The van der Waals surface area contributed by atoms with Crippen LogP contribution in [0.4, 0.5) is 14.6 Å². The molecule has 0 radical (unpaired) electrons. The number of aromatic nitrogens is 2. The summed E-state index contributed by atoms with van der Waals surface area (Å²) >= 11 is 4.76. The Bertz CT molecular complexity index is 385. The first kappa shape index (κ1) is 12.0. The van der Waals surface area contributed by atoms with Crippen LogP contribution in [-0.4, -0.2) is 35.7 Å². The van der Waals surface area contributed by atoms with Crippen LogP contribution in [0.15, 0.2) is 15.8 Å². The van der Waals surface area contributed by atoms with Gasteiger partial charge in [0, 0.05) is 19.3 Å². The quantitative estimate of drug-likeness (QED) is 0.634. The Labute approximate surface area is 105 Å². The fraction of sp³-hybridized carbons (Fsp3) is 0.556. The maximum absolute atomic E-state index is 12.3. The van der Waals surface area contributed by atoms with E-state index in [1.165, 1.54) is 11.8 Å². The molecule has 2 rings (SSSR count). The van der Waals surface area contributed by atoms with Gasteiger partial charge in [0.2, 0.25) is 6.43 Å². The SMILES string of the molecule is CSc1ncc(Br)c(N2CC(C(F)F)C2)n1. The van der Waals surface area contributed by atoms with Crippen LogP contribution in [0.5, 0.6) is 0 Å². The molecule has 7 heteroatoms. The number of hydrogen-bond acceptors (Lipinski definition) is 4. The van der Waals surface area contributed by atoms with Crippen molar-refractivity contribution < 1.29 is 8.78 Å². The standard InChI is InChI=1S/C9H10BrF2N3S/c1-16-9-13-2-6(10)8(14-9)15-3-5(4-15)7(11)12/h2,5,7H,3-4H2,1H3. The van der Waals surface area contributed by atoms with E-state index >= 15 is 0 Å². The third-order valence-electron chi connectivity index (χ3n) is 2.45. The van der Waals surface area contributed by atoms with E-state index in [-0.39, 0.29) is 0 Å². The van der Waals surface area contributed by atoms with E-state index in [0.717, 1.165) is 4.47 Å². The lowest BCUT2D eigenvalue weighted by Gasteiger charge is -2.39. The predicted octanol–water partition coefficient (Wildman–Crippen LogP) is 2.66. The summed E-state index contributed by atoms with van der Waals surface area (Å²) in [5.74, 6) is 0.177. The average Bonchev–Trinajstić information content (AvgIpc) is 2.18. The van der Waals surface area contributed by atoms with Crippen molar-refractivity contribution in [3.05, 3.63) is 10.7 Å². The summed E-state index contributed by atoms with van der Waals surface area (Å²) < 4.78 is 25.4. The number of halogens is 3. The molecule has 0 N–H and O–H groups in total. The van der Waals surface area contributed by atoms with Crippen LogP contribution < -0.4 is 4.90 Å². The maximum Gasteiger partial charge on any atom is 0.244 e. The fourth-order valence-corrected chi connectivity index (χ4v) is 2.29. The fourth-order valence-electron chi connectivity index (χ4n) is 1.51. The normalized spacial score (nSPS) is 16.7. The van der Waals surface area contributed by atoms with Crippen molar-refractivity contribution in [1.82, 2.24) is 9.97 Å². The Kier molecular flexibility index (Phi) is 3.63. The van der Waals surface area contributed by atoms with Gasteiger partial charge in [-0.1, -0.05) is 11.8 Å². The monoisotopic (exact) mass is 309 g/mol. The molecule has 16 heavy (non-hydrogen) atoms. The molecule has 0 aromatic carbocycles. The highest BCUT2D eigenvalue weighted by Gasteiger charge is 2.35. The van der Waals surface area contributed by atoms with Gasteiger partial charge in [-0.15, -0.1) is 0 Å². The second-order valence-electron chi connectivity index (χ2n) is 3.53. The summed E-state index contributed by atoms with van der Waals surface area (Å²) in [5, 5.41) is 0.652. The number of thioether (sulfide) groups is 1. The van der Waals surface area contributed by atoms with Gasteiger partial charge in [-0.2, -0.15) is 0 Å². The Morgan fingerprint density at radius 3 is 2.81 bits per heavy atom. The molecule has 88 valence electrons. The predicted molar refractivity (Wildman–Crippen MR) is 63.2 cm³/mol. The van der Waals surface area contributed by atoms with Gasteiger partial charge in [0.25, 0.3) is 0 Å². The molecular weight excluding hydrogens is 300 g/mol. The van der Waals surface area contributed by atoms with E-state index in [0.29, 0.717) is 24.1 Å². The van der Waals surface area contributed by atoms with Crippen molar-refractivity contribution in [2.75, 3.05) is 24.2 Å². The van der Waals surface area contributed by atoms with E-state index in [1.807, 2.05) is 11.2 Å². The summed E-state index contributed by atoms with van der Waals surface area (Å²) in [7, 11) is 0. The van der Waals surface area contributed by atoms with E-state index in [4.69, 9.17) is 0 Å². The number of anilines is 1. The topological polar surface area (TPSA) is 29.0 Å². The molecule has 0 atom stereocenters. The maximum atomic E-state index is 12.3. The third kappa shape index (κ3) is 2.29. The molecule has 1 fully saturated rings. The minimum atomic E-state index is -2.24. The van der Waals surface area contributed by atoms with Crippen molar-refractivity contribution >= 4 is 33.5 Å². The molecule has 1 aromatic heterocycles. The highest BCUT2D eigenvalue weighted by Crippen LogP contribution is 2.32. The van der Waals surface area contributed by atoms with Gasteiger partial charge >= 0.3 is 0 Å². The molecule has 0 saturated carbocycles. The Morgan fingerprint density at radius 2 is 2.25 bits per heavy atom.